The summed E-state index contributed by atoms with van der Waals surface area (Å²) >= 11 is 0. The summed E-state index contributed by atoms with van der Waals surface area (Å²) in [4.78, 5) is 16.3. The van der Waals surface area contributed by atoms with E-state index >= 15 is 0 Å². The number of pyridine rings is 1. The van der Waals surface area contributed by atoms with Crippen LogP contribution in [0.15, 0.2) is 24.5 Å². The maximum Gasteiger partial charge on any atom is 0.338 e. The Labute approximate surface area is 119 Å². The summed E-state index contributed by atoms with van der Waals surface area (Å²) in [6.07, 6.45) is 10.5. The van der Waals surface area contributed by atoms with Crippen LogP contribution in [0, 0.1) is 17.3 Å². The van der Waals surface area contributed by atoms with Crippen molar-refractivity contribution < 1.29 is 9.53 Å². The smallest absolute Gasteiger partial charge is 0.338 e. The number of nitrogens with zero attached hydrogens (tertiary/aromatic N) is 1. The second kappa shape index (κ2) is 4.06. The number of hydrogen-bond donors (Lipinski definition) is 0. The summed E-state index contributed by atoms with van der Waals surface area (Å²) in [5.41, 5.74) is 0.850. The summed E-state index contributed by atoms with van der Waals surface area (Å²) < 4.78 is 6.04. The van der Waals surface area contributed by atoms with E-state index in [-0.39, 0.29) is 11.6 Å². The third kappa shape index (κ3) is 1.95. The van der Waals surface area contributed by atoms with Crippen LogP contribution in [0.5, 0.6) is 0 Å². The largest absolute Gasteiger partial charge is 0.455 e. The SMILES string of the molecule is CC12C[C@H]3C[C@@H](C1)CC(OC(=O)c1ccncc1)(C3)C2. The number of ether oxygens (including phenoxy) is 1. The fraction of sp³-hybridized carbons (Fsp3) is 0.647. The highest BCUT2D eigenvalue weighted by atomic mass is 16.6. The molecule has 2 unspecified atom stereocenters. The van der Waals surface area contributed by atoms with E-state index in [1.807, 2.05) is 0 Å². The zero-order valence-corrected chi connectivity index (χ0v) is 12.0. The number of carbonyl (C=O) groups is 1. The highest BCUT2D eigenvalue weighted by Gasteiger charge is 2.57. The van der Waals surface area contributed by atoms with Crippen LogP contribution in [-0.4, -0.2) is 16.6 Å². The first-order valence-electron chi connectivity index (χ1n) is 7.69. The summed E-state index contributed by atoms with van der Waals surface area (Å²) in [6, 6.07) is 3.48. The third-order valence-electron chi connectivity index (χ3n) is 5.53. The third-order valence-corrected chi connectivity index (χ3v) is 5.53. The van der Waals surface area contributed by atoms with Crippen molar-refractivity contribution in [2.75, 3.05) is 0 Å². The van der Waals surface area contributed by atoms with Gasteiger partial charge in [-0.25, -0.2) is 4.79 Å². The molecule has 3 heteroatoms. The van der Waals surface area contributed by atoms with E-state index in [1.165, 1.54) is 19.3 Å². The van der Waals surface area contributed by atoms with E-state index in [0.717, 1.165) is 31.1 Å². The lowest BCUT2D eigenvalue weighted by Gasteiger charge is -2.60. The van der Waals surface area contributed by atoms with Gasteiger partial charge in [0, 0.05) is 12.4 Å². The number of hydrogen-bond acceptors (Lipinski definition) is 3. The molecule has 4 fully saturated rings. The fourth-order valence-electron chi connectivity index (χ4n) is 5.49. The molecule has 0 saturated heterocycles. The van der Waals surface area contributed by atoms with Gasteiger partial charge in [0.05, 0.1) is 5.56 Å². The van der Waals surface area contributed by atoms with E-state index < -0.39 is 0 Å². The van der Waals surface area contributed by atoms with Crippen molar-refractivity contribution in [2.24, 2.45) is 17.3 Å². The average molecular weight is 271 g/mol. The topological polar surface area (TPSA) is 39.2 Å². The molecule has 3 nitrogen and oxygen atoms in total. The Kier molecular flexibility index (Phi) is 2.51. The van der Waals surface area contributed by atoms with Crippen molar-refractivity contribution in [2.45, 2.75) is 51.0 Å². The van der Waals surface area contributed by atoms with Crippen LogP contribution in [0.3, 0.4) is 0 Å². The Morgan fingerprint density at radius 2 is 1.85 bits per heavy atom. The van der Waals surface area contributed by atoms with Gasteiger partial charge in [-0.1, -0.05) is 6.92 Å². The van der Waals surface area contributed by atoms with Gasteiger partial charge >= 0.3 is 5.97 Å². The molecule has 4 saturated carbocycles. The molecular formula is C17H21NO2. The number of carbonyl (C=O) groups excluding carboxylic acids is 1. The van der Waals surface area contributed by atoms with Gasteiger partial charge < -0.3 is 4.74 Å². The summed E-state index contributed by atoms with van der Waals surface area (Å²) in [5, 5.41) is 0. The van der Waals surface area contributed by atoms with Crippen molar-refractivity contribution in [3.05, 3.63) is 30.1 Å². The first-order chi connectivity index (χ1) is 9.56. The zero-order valence-electron chi connectivity index (χ0n) is 12.0. The first-order valence-corrected chi connectivity index (χ1v) is 7.69. The number of aromatic nitrogens is 1. The van der Waals surface area contributed by atoms with Crippen LogP contribution in [0.2, 0.25) is 0 Å². The van der Waals surface area contributed by atoms with Gasteiger partial charge in [-0.3, -0.25) is 4.98 Å². The molecule has 4 atom stereocenters. The van der Waals surface area contributed by atoms with Crippen LogP contribution >= 0.6 is 0 Å². The molecule has 0 N–H and O–H groups in total. The van der Waals surface area contributed by atoms with Crippen LogP contribution in [0.4, 0.5) is 0 Å². The molecule has 1 aromatic heterocycles. The van der Waals surface area contributed by atoms with Crippen molar-refractivity contribution in [3.8, 4) is 0 Å². The van der Waals surface area contributed by atoms with Crippen LogP contribution in [0.1, 0.15) is 55.8 Å². The highest BCUT2D eigenvalue weighted by molar-refractivity contribution is 5.89. The van der Waals surface area contributed by atoms with E-state index in [4.69, 9.17) is 4.74 Å². The molecule has 1 aromatic rings. The van der Waals surface area contributed by atoms with Crippen LogP contribution in [-0.2, 0) is 4.74 Å². The first kappa shape index (κ1) is 12.4. The van der Waals surface area contributed by atoms with Gasteiger partial charge in [0.2, 0.25) is 0 Å². The molecule has 4 aliphatic rings. The molecule has 106 valence electrons. The summed E-state index contributed by atoms with van der Waals surface area (Å²) in [5.74, 6) is 1.37. The number of esters is 1. The molecule has 0 aromatic carbocycles. The van der Waals surface area contributed by atoms with Gasteiger partial charge in [0.15, 0.2) is 0 Å². The van der Waals surface area contributed by atoms with Crippen LogP contribution < -0.4 is 0 Å². The van der Waals surface area contributed by atoms with Gasteiger partial charge in [-0.05, 0) is 67.9 Å². The van der Waals surface area contributed by atoms with E-state index in [9.17, 15) is 4.79 Å². The molecule has 20 heavy (non-hydrogen) atoms. The van der Waals surface area contributed by atoms with Crippen LogP contribution in [0.25, 0.3) is 0 Å². The van der Waals surface area contributed by atoms with Gasteiger partial charge in [-0.15, -0.1) is 0 Å². The molecule has 1 heterocycles. The second-order valence-corrected chi connectivity index (χ2v) is 7.58. The lowest BCUT2D eigenvalue weighted by molar-refractivity contribution is -0.161. The van der Waals surface area contributed by atoms with Crippen molar-refractivity contribution in [1.29, 1.82) is 0 Å². The summed E-state index contributed by atoms with van der Waals surface area (Å²) in [7, 11) is 0. The molecule has 0 radical (unpaired) electrons. The zero-order chi connectivity index (χ0) is 13.8. The summed E-state index contributed by atoms with van der Waals surface area (Å²) in [6.45, 7) is 2.39. The van der Waals surface area contributed by atoms with Gasteiger partial charge in [-0.2, -0.15) is 0 Å². The van der Waals surface area contributed by atoms with E-state index in [0.29, 0.717) is 11.0 Å². The Morgan fingerprint density at radius 3 is 2.45 bits per heavy atom. The molecule has 0 spiro atoms. The number of rotatable bonds is 2. The predicted octanol–water partition coefficient (Wildman–Crippen LogP) is 3.60. The van der Waals surface area contributed by atoms with Crippen molar-refractivity contribution in [1.82, 2.24) is 4.98 Å². The Bertz CT molecular complexity index is 525. The van der Waals surface area contributed by atoms with Crippen molar-refractivity contribution in [3.63, 3.8) is 0 Å². The second-order valence-electron chi connectivity index (χ2n) is 7.58. The standard InChI is InChI=1S/C17H21NO2/c1-16-7-12-6-13(8-16)10-17(9-12,11-16)20-15(19)14-2-4-18-5-3-14/h2-5,12-13H,6-11H2,1H3/t12-,13+,16?,17?. The Balaban J connectivity index is 1.58. The highest BCUT2D eigenvalue weighted by Crippen LogP contribution is 2.62. The minimum Gasteiger partial charge on any atom is -0.455 e. The van der Waals surface area contributed by atoms with E-state index in [2.05, 4.69) is 11.9 Å². The maximum atomic E-state index is 12.4. The average Bonchev–Trinajstić information content (AvgIpc) is 2.36. The lowest BCUT2D eigenvalue weighted by Crippen LogP contribution is -2.56. The van der Waals surface area contributed by atoms with Gasteiger partial charge in [0.25, 0.3) is 0 Å². The fourth-order valence-corrected chi connectivity index (χ4v) is 5.49. The molecule has 0 aliphatic heterocycles. The minimum atomic E-state index is -0.181. The quantitative estimate of drug-likeness (QED) is 0.771. The van der Waals surface area contributed by atoms with Crippen molar-refractivity contribution >= 4 is 5.97 Å². The minimum absolute atomic E-state index is 0.169. The normalized spacial score (nSPS) is 41.6. The van der Waals surface area contributed by atoms with Gasteiger partial charge in [0.1, 0.15) is 5.60 Å². The molecule has 0 amide bonds. The molecular weight excluding hydrogens is 250 g/mol. The maximum absolute atomic E-state index is 12.4. The van der Waals surface area contributed by atoms with E-state index in [1.54, 1.807) is 24.5 Å². The monoisotopic (exact) mass is 271 g/mol. The Hall–Kier alpha value is -1.38. The molecule has 4 aliphatic carbocycles. The molecule has 4 bridgehead atoms. The lowest BCUT2D eigenvalue weighted by atomic mass is 9.48. The molecule has 5 rings (SSSR count). The predicted molar refractivity (Wildman–Crippen MR) is 75.2 cm³/mol. The Morgan fingerprint density at radius 1 is 1.20 bits per heavy atom.